The van der Waals surface area contributed by atoms with E-state index in [1.165, 1.54) is 12.0 Å². The number of allylic oxidation sites excluding steroid dienone is 1. The lowest BCUT2D eigenvalue weighted by Gasteiger charge is -2.40. The summed E-state index contributed by atoms with van der Waals surface area (Å²) in [4.78, 5) is 60.1. The first-order valence-corrected chi connectivity index (χ1v) is 17.9. The third-order valence-corrected chi connectivity index (χ3v) is 10.5. The number of likely N-dealkylation sites (tertiary alicyclic amines) is 1. The van der Waals surface area contributed by atoms with Crippen LogP contribution in [0.2, 0.25) is 0 Å². The molecule has 2 bridgehead atoms. The highest BCUT2D eigenvalue weighted by atomic mass is 16.6. The number of esters is 1. The predicted molar refractivity (Wildman–Crippen MR) is 194 cm³/mol. The Kier molecular flexibility index (Phi) is 12.6. The lowest BCUT2D eigenvalue weighted by atomic mass is 9.70. The number of aliphatic hydroxyl groups excluding tert-OH is 1. The third kappa shape index (κ3) is 7.37. The van der Waals surface area contributed by atoms with E-state index < -0.39 is 72.2 Å². The molecule has 3 fully saturated rings. The average Bonchev–Trinajstić information content (AvgIpc) is 3.79. The number of amides is 3. The van der Waals surface area contributed by atoms with E-state index in [9.17, 15) is 24.3 Å². The Morgan fingerprint density at radius 2 is 1.81 bits per heavy atom. The van der Waals surface area contributed by atoms with Crippen molar-refractivity contribution in [2.45, 2.75) is 75.5 Å². The number of nitrogens with zero attached hydrogens (tertiary/aromatic N) is 2. The summed E-state index contributed by atoms with van der Waals surface area (Å²) < 4.78 is 23.8. The van der Waals surface area contributed by atoms with Crippen LogP contribution in [0.15, 0.2) is 79.9 Å². The van der Waals surface area contributed by atoms with Crippen molar-refractivity contribution in [1.82, 2.24) is 10.2 Å². The minimum atomic E-state index is -1.34. The number of methoxy groups -OCH3 is 2. The fraction of sp³-hybridized carbons (Fsp3) is 0.500. The van der Waals surface area contributed by atoms with Gasteiger partial charge in [0.15, 0.2) is 0 Å². The van der Waals surface area contributed by atoms with Crippen LogP contribution in [0.25, 0.3) is 0 Å². The molecule has 0 radical (unpaired) electrons. The van der Waals surface area contributed by atoms with Gasteiger partial charge in [0, 0.05) is 25.8 Å². The summed E-state index contributed by atoms with van der Waals surface area (Å²) >= 11 is 0. The van der Waals surface area contributed by atoms with E-state index in [1.54, 1.807) is 60.6 Å². The zero-order chi connectivity index (χ0) is 37.6. The molecule has 3 saturated heterocycles. The van der Waals surface area contributed by atoms with Crippen molar-refractivity contribution >= 4 is 29.4 Å². The standard InChI is InChI=1S/C40H51N3O9/c1-7-9-15-32(45)41-29(24-49-5)35(26-13-11-10-12-14-26)51-39(48)33-31-20-21-40(52-31)34(33)37(46)43(30(23-44)25(3)4)36(40)38(47)42(22-8-2)27-16-18-28(50-6)19-17-27/h7-8,10-14,16-19,25,29-31,33-36,44H,1-2,9,15,20-24H2,3-6H3,(H,41,45)/t29-,30+,31+,33-,34-,35-,36+,40-/m1/s1. The van der Waals surface area contributed by atoms with Gasteiger partial charge in [-0.3, -0.25) is 19.2 Å². The van der Waals surface area contributed by atoms with Gasteiger partial charge in [-0.15, -0.1) is 13.2 Å². The highest BCUT2D eigenvalue weighted by Crippen LogP contribution is 2.59. The molecule has 2 N–H and O–H groups in total. The topological polar surface area (TPSA) is 144 Å². The number of fused-ring (bicyclic) bond motifs is 1. The van der Waals surface area contributed by atoms with Crippen LogP contribution in [-0.2, 0) is 33.4 Å². The highest BCUT2D eigenvalue weighted by Gasteiger charge is 2.76. The minimum Gasteiger partial charge on any atom is -0.497 e. The third-order valence-electron chi connectivity index (χ3n) is 10.5. The Bertz CT molecular complexity index is 1600. The Labute approximate surface area is 305 Å². The largest absolute Gasteiger partial charge is 0.497 e. The van der Waals surface area contributed by atoms with Gasteiger partial charge in [0.2, 0.25) is 11.8 Å². The number of rotatable bonds is 18. The Hall–Kier alpha value is -4.52. The number of hydrogen-bond donors (Lipinski definition) is 2. The second-order valence-corrected chi connectivity index (χ2v) is 14.0. The van der Waals surface area contributed by atoms with Crippen molar-refractivity contribution in [2.24, 2.45) is 17.8 Å². The zero-order valence-electron chi connectivity index (χ0n) is 30.4. The van der Waals surface area contributed by atoms with Gasteiger partial charge in [-0.1, -0.05) is 56.3 Å². The SMILES string of the molecule is C=CCCC(=O)N[C@H](COC)[C@H](OC(=O)[C@@H]1[C@@H]2CC[C@]3(O2)[C@H](C(=O)N(CC=C)c2ccc(OC)cc2)N([C@@H](CO)C(C)C)C(=O)[C@@H]13)c1ccccc1. The van der Waals surface area contributed by atoms with Crippen molar-refractivity contribution in [3.63, 3.8) is 0 Å². The Morgan fingerprint density at radius 3 is 2.40 bits per heavy atom. The molecular formula is C40H51N3O9. The first kappa shape index (κ1) is 38.7. The molecule has 8 atom stereocenters. The molecule has 3 aliphatic rings. The van der Waals surface area contributed by atoms with E-state index in [4.69, 9.17) is 18.9 Å². The Balaban J connectivity index is 1.53. The number of ether oxygens (including phenoxy) is 4. The van der Waals surface area contributed by atoms with Crippen LogP contribution in [0.4, 0.5) is 5.69 Å². The number of hydrogen-bond acceptors (Lipinski definition) is 9. The van der Waals surface area contributed by atoms with Gasteiger partial charge in [-0.2, -0.15) is 0 Å². The summed E-state index contributed by atoms with van der Waals surface area (Å²) in [5.74, 6) is -3.45. The molecule has 52 heavy (non-hydrogen) atoms. The molecule has 1 spiro atoms. The van der Waals surface area contributed by atoms with Gasteiger partial charge in [0.05, 0.1) is 50.3 Å². The molecule has 0 unspecified atom stereocenters. The van der Waals surface area contributed by atoms with Gasteiger partial charge in [0.1, 0.15) is 23.5 Å². The fourth-order valence-corrected chi connectivity index (χ4v) is 8.10. The van der Waals surface area contributed by atoms with E-state index in [2.05, 4.69) is 18.5 Å². The smallest absolute Gasteiger partial charge is 0.313 e. The van der Waals surface area contributed by atoms with Crippen LogP contribution in [0.3, 0.4) is 0 Å². The maximum Gasteiger partial charge on any atom is 0.313 e. The molecule has 12 heteroatoms. The molecule has 0 aliphatic carbocycles. The first-order chi connectivity index (χ1) is 25.1. The van der Waals surface area contributed by atoms with Gasteiger partial charge >= 0.3 is 5.97 Å². The van der Waals surface area contributed by atoms with E-state index in [0.29, 0.717) is 36.3 Å². The molecule has 0 aromatic heterocycles. The monoisotopic (exact) mass is 717 g/mol. The van der Waals surface area contributed by atoms with Gasteiger partial charge in [-0.05, 0) is 55.0 Å². The van der Waals surface area contributed by atoms with E-state index >= 15 is 0 Å². The van der Waals surface area contributed by atoms with Crippen molar-refractivity contribution in [2.75, 3.05) is 38.9 Å². The molecule has 3 amide bonds. The van der Waals surface area contributed by atoms with Crippen molar-refractivity contribution in [1.29, 1.82) is 0 Å². The normalized spacial score (nSPS) is 24.9. The lowest BCUT2D eigenvalue weighted by Crippen LogP contribution is -2.59. The molecule has 5 rings (SSSR count). The molecule has 12 nitrogen and oxygen atoms in total. The maximum absolute atomic E-state index is 14.9. The summed E-state index contributed by atoms with van der Waals surface area (Å²) in [5.41, 5.74) is -0.145. The number of carbonyl (C=O) groups is 4. The number of anilines is 1. The van der Waals surface area contributed by atoms with Crippen LogP contribution in [0.1, 0.15) is 51.2 Å². The number of nitrogens with one attached hydrogen (secondary N) is 1. The molecule has 2 aromatic rings. The van der Waals surface area contributed by atoms with Crippen molar-refractivity contribution < 1.29 is 43.2 Å². The average molecular weight is 718 g/mol. The minimum absolute atomic E-state index is 0.0466. The van der Waals surface area contributed by atoms with Crippen LogP contribution >= 0.6 is 0 Å². The molecule has 280 valence electrons. The number of benzene rings is 2. The second-order valence-electron chi connectivity index (χ2n) is 14.0. The lowest BCUT2D eigenvalue weighted by molar-refractivity contribution is -0.163. The molecule has 3 heterocycles. The van der Waals surface area contributed by atoms with Gasteiger partial charge in [-0.25, -0.2) is 0 Å². The molecule has 2 aromatic carbocycles. The number of carbonyl (C=O) groups excluding carboxylic acids is 4. The van der Waals surface area contributed by atoms with E-state index in [1.807, 2.05) is 32.0 Å². The molecular weight excluding hydrogens is 666 g/mol. The summed E-state index contributed by atoms with van der Waals surface area (Å²) in [6.07, 6.45) is 3.07. The highest BCUT2D eigenvalue weighted by molar-refractivity contribution is 6.05. The Morgan fingerprint density at radius 1 is 1.10 bits per heavy atom. The van der Waals surface area contributed by atoms with Crippen LogP contribution in [0.5, 0.6) is 5.75 Å². The van der Waals surface area contributed by atoms with Crippen molar-refractivity contribution in [3.05, 3.63) is 85.5 Å². The van der Waals surface area contributed by atoms with Crippen LogP contribution < -0.4 is 15.0 Å². The summed E-state index contributed by atoms with van der Waals surface area (Å²) in [7, 11) is 3.05. The molecule has 3 aliphatic heterocycles. The second kappa shape index (κ2) is 16.9. The summed E-state index contributed by atoms with van der Waals surface area (Å²) in [5, 5.41) is 13.6. The summed E-state index contributed by atoms with van der Waals surface area (Å²) in [6.45, 7) is 11.1. The van der Waals surface area contributed by atoms with E-state index in [0.717, 1.165) is 0 Å². The first-order valence-electron chi connectivity index (χ1n) is 17.9. The van der Waals surface area contributed by atoms with Crippen molar-refractivity contribution in [3.8, 4) is 5.75 Å². The van der Waals surface area contributed by atoms with Crippen LogP contribution in [0, 0.1) is 17.8 Å². The van der Waals surface area contributed by atoms with E-state index in [-0.39, 0.29) is 31.4 Å². The van der Waals surface area contributed by atoms with Gasteiger partial charge in [0.25, 0.3) is 5.91 Å². The summed E-state index contributed by atoms with van der Waals surface area (Å²) in [6, 6.07) is 13.4. The zero-order valence-corrected chi connectivity index (χ0v) is 30.4. The van der Waals surface area contributed by atoms with Crippen LogP contribution in [-0.4, -0.2) is 97.5 Å². The maximum atomic E-state index is 14.9. The molecule has 0 saturated carbocycles. The quantitative estimate of drug-likeness (QED) is 0.173. The number of aliphatic hydroxyl groups is 1. The predicted octanol–water partition coefficient (Wildman–Crippen LogP) is 3.99. The fourth-order valence-electron chi connectivity index (χ4n) is 8.10. The van der Waals surface area contributed by atoms with Gasteiger partial charge < -0.3 is 39.2 Å².